The summed E-state index contributed by atoms with van der Waals surface area (Å²) >= 11 is 0. The lowest BCUT2D eigenvalue weighted by Gasteiger charge is -2.22. The molecule has 0 spiro atoms. The molecule has 0 radical (unpaired) electrons. The zero-order chi connectivity index (χ0) is 10.4. The molecule has 0 bridgehead atoms. The van der Waals surface area contributed by atoms with Crippen LogP contribution in [0.4, 0.5) is 0 Å². The highest BCUT2D eigenvalue weighted by Gasteiger charge is 2.24. The van der Waals surface area contributed by atoms with E-state index in [9.17, 15) is 0 Å². The van der Waals surface area contributed by atoms with E-state index in [1.807, 2.05) is 0 Å². The molecule has 1 aromatic rings. The van der Waals surface area contributed by atoms with Gasteiger partial charge in [-0.25, -0.2) is 0 Å². The number of aromatic amines is 1. The molecule has 2 aliphatic rings. The molecule has 1 atom stereocenters. The van der Waals surface area contributed by atoms with Gasteiger partial charge in [0.1, 0.15) is 0 Å². The van der Waals surface area contributed by atoms with Crippen molar-refractivity contribution in [2.24, 2.45) is 0 Å². The summed E-state index contributed by atoms with van der Waals surface area (Å²) in [5, 5.41) is 0. The smallest absolute Gasteiger partial charge is 0.0385 e. The molecule has 0 saturated heterocycles. The van der Waals surface area contributed by atoms with E-state index in [0.29, 0.717) is 5.92 Å². The van der Waals surface area contributed by atoms with Crippen molar-refractivity contribution >= 4 is 6.08 Å². The fraction of sp³-hybridized carbons (Fsp3) is 0.538. The lowest BCUT2D eigenvalue weighted by atomic mass is 9.91. The number of hydrogen-bond acceptors (Lipinski definition) is 1. The maximum absolute atomic E-state index is 3.64. The van der Waals surface area contributed by atoms with Gasteiger partial charge in [-0.1, -0.05) is 19.1 Å². The van der Waals surface area contributed by atoms with E-state index < -0.39 is 0 Å². The Hall–Kier alpha value is -1.02. The highest BCUT2D eigenvalue weighted by molar-refractivity contribution is 5.62. The van der Waals surface area contributed by atoms with Gasteiger partial charge in [0.2, 0.25) is 0 Å². The van der Waals surface area contributed by atoms with Gasteiger partial charge < -0.3 is 9.88 Å². The zero-order valence-electron chi connectivity index (χ0n) is 9.51. The number of likely N-dealkylation sites (N-methyl/N-ethyl adjacent to an activating group) is 1. The number of hydrogen-bond donors (Lipinski definition) is 1. The van der Waals surface area contributed by atoms with Crippen molar-refractivity contribution in [3.8, 4) is 0 Å². The van der Waals surface area contributed by atoms with Gasteiger partial charge in [0.25, 0.3) is 0 Å². The second-order valence-corrected chi connectivity index (χ2v) is 4.94. The van der Waals surface area contributed by atoms with Gasteiger partial charge in [0.15, 0.2) is 0 Å². The van der Waals surface area contributed by atoms with E-state index in [1.54, 1.807) is 5.56 Å². The van der Waals surface area contributed by atoms with Crippen LogP contribution in [-0.4, -0.2) is 23.5 Å². The lowest BCUT2D eigenvalue weighted by Crippen LogP contribution is -2.26. The van der Waals surface area contributed by atoms with Crippen molar-refractivity contribution < 1.29 is 0 Å². The van der Waals surface area contributed by atoms with Crippen molar-refractivity contribution in [2.75, 3.05) is 13.6 Å². The third kappa shape index (κ3) is 1.36. The van der Waals surface area contributed by atoms with Crippen LogP contribution in [0, 0.1) is 0 Å². The molecule has 2 nitrogen and oxygen atoms in total. The maximum Gasteiger partial charge on any atom is 0.0385 e. The Labute approximate surface area is 91.0 Å². The molecule has 2 heteroatoms. The number of nitrogens with one attached hydrogen (secondary N) is 1. The van der Waals surface area contributed by atoms with Crippen molar-refractivity contribution in [2.45, 2.75) is 32.2 Å². The summed E-state index contributed by atoms with van der Waals surface area (Å²) in [4.78, 5) is 6.03. The highest BCUT2D eigenvalue weighted by atomic mass is 15.1. The largest absolute Gasteiger partial charge is 0.360 e. The van der Waals surface area contributed by atoms with E-state index >= 15 is 0 Å². The minimum absolute atomic E-state index is 0.668. The number of allylic oxidation sites excluding steroid dienone is 1. The molecule has 1 unspecified atom stereocenters. The maximum atomic E-state index is 3.64. The first-order chi connectivity index (χ1) is 7.25. The average molecular weight is 202 g/mol. The van der Waals surface area contributed by atoms with Gasteiger partial charge in [0.05, 0.1) is 0 Å². The van der Waals surface area contributed by atoms with Crippen LogP contribution in [0.25, 0.3) is 6.08 Å². The van der Waals surface area contributed by atoms with Crippen LogP contribution in [0.3, 0.4) is 0 Å². The molecule has 0 aromatic carbocycles. The van der Waals surface area contributed by atoms with Crippen molar-refractivity contribution in [1.82, 2.24) is 9.88 Å². The van der Waals surface area contributed by atoms with Crippen LogP contribution in [0.1, 0.15) is 41.8 Å². The van der Waals surface area contributed by atoms with E-state index in [1.165, 1.54) is 36.3 Å². The minimum atomic E-state index is 0.668. The molecule has 0 fully saturated rings. The molecule has 1 aromatic heterocycles. The Morgan fingerprint density at radius 1 is 1.47 bits per heavy atom. The fourth-order valence-electron chi connectivity index (χ4n) is 2.79. The fourth-order valence-corrected chi connectivity index (χ4v) is 2.79. The van der Waals surface area contributed by atoms with E-state index in [4.69, 9.17) is 0 Å². The van der Waals surface area contributed by atoms with Crippen LogP contribution < -0.4 is 0 Å². The Morgan fingerprint density at radius 2 is 2.33 bits per heavy atom. The van der Waals surface area contributed by atoms with E-state index in [0.717, 1.165) is 6.54 Å². The monoisotopic (exact) mass is 202 g/mol. The van der Waals surface area contributed by atoms with Crippen molar-refractivity contribution in [1.29, 1.82) is 0 Å². The third-order valence-corrected chi connectivity index (χ3v) is 3.70. The molecule has 15 heavy (non-hydrogen) atoms. The Balaban J connectivity index is 2.11. The van der Waals surface area contributed by atoms with Gasteiger partial charge >= 0.3 is 0 Å². The summed E-state index contributed by atoms with van der Waals surface area (Å²) in [6, 6.07) is 0. The third-order valence-electron chi connectivity index (χ3n) is 3.70. The van der Waals surface area contributed by atoms with E-state index in [2.05, 4.69) is 36.0 Å². The minimum Gasteiger partial charge on any atom is -0.360 e. The zero-order valence-corrected chi connectivity index (χ0v) is 9.51. The summed E-state index contributed by atoms with van der Waals surface area (Å²) in [6.07, 6.45) is 7.02. The Morgan fingerprint density at radius 3 is 3.20 bits per heavy atom. The molecule has 1 aliphatic carbocycles. The number of nitrogens with zero attached hydrogens (tertiary/aromatic N) is 1. The van der Waals surface area contributed by atoms with Gasteiger partial charge in [-0.3, -0.25) is 0 Å². The predicted octanol–water partition coefficient (Wildman–Crippen LogP) is 2.52. The van der Waals surface area contributed by atoms with Crippen molar-refractivity contribution in [3.05, 3.63) is 28.6 Å². The lowest BCUT2D eigenvalue weighted by molar-refractivity contribution is 0.309. The molecular weight excluding hydrogens is 184 g/mol. The standard InChI is InChI=1S/C13H18N2/c1-9-4-3-5-11-10-6-7-15(2)8-12(10)14-13(9)11/h3,5,9,14H,4,6-8H2,1-2H3. The Kier molecular flexibility index (Phi) is 1.99. The summed E-state index contributed by atoms with van der Waals surface area (Å²) in [5.41, 5.74) is 5.99. The number of H-pyrrole nitrogens is 1. The van der Waals surface area contributed by atoms with Gasteiger partial charge in [0, 0.05) is 30.4 Å². The molecular formula is C13H18N2. The number of fused-ring (bicyclic) bond motifs is 3. The summed E-state index contributed by atoms with van der Waals surface area (Å²) in [5.74, 6) is 0.668. The first-order valence-corrected chi connectivity index (χ1v) is 5.84. The van der Waals surface area contributed by atoms with E-state index in [-0.39, 0.29) is 0 Å². The predicted molar refractivity (Wildman–Crippen MR) is 62.9 cm³/mol. The molecule has 1 aliphatic heterocycles. The highest BCUT2D eigenvalue weighted by Crippen LogP contribution is 2.34. The second-order valence-electron chi connectivity index (χ2n) is 4.94. The van der Waals surface area contributed by atoms with Crippen LogP contribution >= 0.6 is 0 Å². The quantitative estimate of drug-likeness (QED) is 0.685. The topological polar surface area (TPSA) is 19.0 Å². The summed E-state index contributed by atoms with van der Waals surface area (Å²) < 4.78 is 0. The SMILES string of the molecule is CC1CC=Cc2c1[nH]c1c2CCN(C)C1. The van der Waals surface area contributed by atoms with Crippen LogP contribution in [0.5, 0.6) is 0 Å². The molecule has 1 N–H and O–H groups in total. The normalized spacial score (nSPS) is 25.1. The Bertz CT molecular complexity index is 414. The first-order valence-electron chi connectivity index (χ1n) is 5.84. The summed E-state index contributed by atoms with van der Waals surface area (Å²) in [7, 11) is 2.20. The second kappa shape index (κ2) is 3.24. The molecule has 3 rings (SSSR count). The van der Waals surface area contributed by atoms with Gasteiger partial charge in [-0.15, -0.1) is 0 Å². The average Bonchev–Trinajstić information content (AvgIpc) is 2.57. The number of rotatable bonds is 0. The molecule has 0 amide bonds. The van der Waals surface area contributed by atoms with Crippen molar-refractivity contribution in [3.63, 3.8) is 0 Å². The number of aromatic nitrogens is 1. The molecule has 2 heterocycles. The van der Waals surface area contributed by atoms with Crippen LogP contribution in [-0.2, 0) is 13.0 Å². The van der Waals surface area contributed by atoms with Gasteiger partial charge in [-0.05, 0) is 31.0 Å². The van der Waals surface area contributed by atoms with Gasteiger partial charge in [-0.2, -0.15) is 0 Å². The first kappa shape index (κ1) is 9.22. The van der Waals surface area contributed by atoms with Crippen LogP contribution in [0.2, 0.25) is 0 Å². The molecule has 80 valence electrons. The summed E-state index contributed by atoms with van der Waals surface area (Å²) in [6.45, 7) is 4.59. The molecule has 0 saturated carbocycles. The van der Waals surface area contributed by atoms with Crippen LogP contribution in [0.15, 0.2) is 6.08 Å².